The van der Waals surface area contributed by atoms with Gasteiger partial charge in [0.1, 0.15) is 0 Å². The van der Waals surface area contributed by atoms with Crippen LogP contribution >= 0.6 is 0 Å². The summed E-state index contributed by atoms with van der Waals surface area (Å²) in [6, 6.07) is 0.407. The van der Waals surface area contributed by atoms with E-state index in [1.807, 2.05) is 0 Å². The van der Waals surface area contributed by atoms with E-state index in [4.69, 9.17) is 5.73 Å². The van der Waals surface area contributed by atoms with Crippen molar-refractivity contribution in [1.82, 2.24) is 0 Å². The molecule has 88 valence electrons. The molecule has 0 spiro atoms. The molecule has 0 aromatic carbocycles. The van der Waals surface area contributed by atoms with E-state index in [2.05, 4.69) is 32.7 Å². The van der Waals surface area contributed by atoms with Crippen molar-refractivity contribution < 1.29 is 0 Å². The van der Waals surface area contributed by atoms with E-state index in [-0.39, 0.29) is 5.41 Å². The third-order valence-corrected chi connectivity index (χ3v) is 3.44. The van der Waals surface area contributed by atoms with Gasteiger partial charge < -0.3 is 5.73 Å². The highest BCUT2D eigenvalue weighted by Gasteiger charge is 2.22. The maximum Gasteiger partial charge on any atom is 0.0994 e. The van der Waals surface area contributed by atoms with Gasteiger partial charge >= 0.3 is 0 Å². The minimum Gasteiger partial charge on any atom is -0.387 e. The van der Waals surface area contributed by atoms with Gasteiger partial charge in [0, 0.05) is 5.41 Å². The maximum atomic E-state index is 6.01. The van der Waals surface area contributed by atoms with Crippen molar-refractivity contribution in [3.8, 4) is 0 Å². The molecular formula is C13H26N2. The Morgan fingerprint density at radius 1 is 1.20 bits per heavy atom. The number of amidine groups is 1. The Hall–Kier alpha value is -0.530. The van der Waals surface area contributed by atoms with E-state index in [1.165, 1.54) is 32.1 Å². The predicted molar refractivity (Wildman–Crippen MR) is 67.1 cm³/mol. The Kier molecular flexibility index (Phi) is 4.18. The summed E-state index contributed by atoms with van der Waals surface area (Å²) in [5, 5.41) is 0. The molecule has 1 unspecified atom stereocenters. The molecule has 2 N–H and O–H groups in total. The SMILES string of the molecule is CC(N=C(N)C(C)(C)C)C1CCCCC1. The van der Waals surface area contributed by atoms with E-state index < -0.39 is 0 Å². The van der Waals surface area contributed by atoms with Crippen LogP contribution in [0.5, 0.6) is 0 Å². The first-order chi connectivity index (χ1) is 6.91. The summed E-state index contributed by atoms with van der Waals surface area (Å²) in [5.41, 5.74) is 6.03. The largest absolute Gasteiger partial charge is 0.387 e. The maximum absolute atomic E-state index is 6.01. The number of aliphatic imine (C=N–C) groups is 1. The molecule has 0 amide bonds. The zero-order valence-corrected chi connectivity index (χ0v) is 10.7. The Labute approximate surface area is 94.3 Å². The highest BCUT2D eigenvalue weighted by atomic mass is 14.9. The molecule has 15 heavy (non-hydrogen) atoms. The fraction of sp³-hybridized carbons (Fsp3) is 0.923. The summed E-state index contributed by atoms with van der Waals surface area (Å²) >= 11 is 0. The number of nitrogens with two attached hydrogens (primary N) is 1. The molecular weight excluding hydrogens is 184 g/mol. The molecule has 2 heteroatoms. The molecule has 1 fully saturated rings. The highest BCUT2D eigenvalue weighted by Crippen LogP contribution is 2.28. The summed E-state index contributed by atoms with van der Waals surface area (Å²) in [6.45, 7) is 8.59. The van der Waals surface area contributed by atoms with Crippen LogP contribution in [-0.2, 0) is 0 Å². The predicted octanol–water partition coefficient (Wildman–Crippen LogP) is 3.36. The fourth-order valence-corrected chi connectivity index (χ4v) is 2.14. The summed E-state index contributed by atoms with van der Waals surface area (Å²) in [5.74, 6) is 1.57. The van der Waals surface area contributed by atoms with Crippen molar-refractivity contribution >= 4 is 5.84 Å². The molecule has 1 atom stereocenters. The Morgan fingerprint density at radius 3 is 2.20 bits per heavy atom. The minimum atomic E-state index is 0.0168. The number of hydrogen-bond donors (Lipinski definition) is 1. The van der Waals surface area contributed by atoms with Gasteiger partial charge in [-0.15, -0.1) is 0 Å². The van der Waals surface area contributed by atoms with Crippen LogP contribution in [0.2, 0.25) is 0 Å². The van der Waals surface area contributed by atoms with Crippen LogP contribution < -0.4 is 5.73 Å². The summed E-state index contributed by atoms with van der Waals surface area (Å²) in [7, 11) is 0. The van der Waals surface area contributed by atoms with Crippen LogP contribution in [0.1, 0.15) is 59.8 Å². The Morgan fingerprint density at radius 2 is 1.73 bits per heavy atom. The Bertz CT molecular complexity index is 219. The van der Waals surface area contributed by atoms with Crippen LogP contribution in [0.4, 0.5) is 0 Å². The normalized spacial score (nSPS) is 22.8. The Balaban J connectivity index is 2.56. The van der Waals surface area contributed by atoms with Crippen molar-refractivity contribution in [3.05, 3.63) is 0 Å². The number of hydrogen-bond acceptors (Lipinski definition) is 1. The average molecular weight is 210 g/mol. The lowest BCUT2D eigenvalue weighted by atomic mass is 9.84. The van der Waals surface area contributed by atoms with Gasteiger partial charge in [-0.05, 0) is 25.7 Å². The lowest BCUT2D eigenvalue weighted by molar-refractivity contribution is 0.316. The van der Waals surface area contributed by atoms with Gasteiger partial charge in [0.25, 0.3) is 0 Å². The van der Waals surface area contributed by atoms with Crippen LogP contribution in [0, 0.1) is 11.3 Å². The summed E-state index contributed by atoms with van der Waals surface area (Å²) in [6.07, 6.45) is 6.83. The van der Waals surface area contributed by atoms with Gasteiger partial charge in [-0.25, -0.2) is 0 Å². The zero-order valence-electron chi connectivity index (χ0n) is 10.7. The topological polar surface area (TPSA) is 38.4 Å². The summed E-state index contributed by atoms with van der Waals surface area (Å²) < 4.78 is 0. The van der Waals surface area contributed by atoms with Crippen molar-refractivity contribution in [2.75, 3.05) is 0 Å². The van der Waals surface area contributed by atoms with Crippen LogP contribution in [0.15, 0.2) is 4.99 Å². The first-order valence-corrected chi connectivity index (χ1v) is 6.25. The van der Waals surface area contributed by atoms with Gasteiger partial charge in [0.15, 0.2) is 0 Å². The third-order valence-electron chi connectivity index (χ3n) is 3.44. The first-order valence-electron chi connectivity index (χ1n) is 6.25. The number of rotatable bonds is 2. The fourth-order valence-electron chi connectivity index (χ4n) is 2.14. The first kappa shape index (κ1) is 12.5. The molecule has 0 aliphatic heterocycles. The number of nitrogens with zero attached hydrogens (tertiary/aromatic N) is 1. The molecule has 0 aromatic rings. The third kappa shape index (κ3) is 3.84. The van der Waals surface area contributed by atoms with Gasteiger partial charge in [-0.3, -0.25) is 4.99 Å². The zero-order chi connectivity index (χ0) is 11.5. The second-order valence-corrected chi connectivity index (χ2v) is 5.90. The van der Waals surface area contributed by atoms with Gasteiger partial charge in [0.05, 0.1) is 11.9 Å². The van der Waals surface area contributed by atoms with E-state index in [0.29, 0.717) is 6.04 Å². The minimum absolute atomic E-state index is 0.0168. The molecule has 2 nitrogen and oxygen atoms in total. The highest BCUT2D eigenvalue weighted by molar-refractivity contribution is 5.85. The van der Waals surface area contributed by atoms with Crippen LogP contribution in [0.3, 0.4) is 0 Å². The van der Waals surface area contributed by atoms with Gasteiger partial charge in [-0.1, -0.05) is 40.0 Å². The monoisotopic (exact) mass is 210 g/mol. The van der Waals surface area contributed by atoms with Crippen molar-refractivity contribution in [2.24, 2.45) is 22.1 Å². The van der Waals surface area contributed by atoms with E-state index >= 15 is 0 Å². The molecule has 0 bridgehead atoms. The molecule has 1 rings (SSSR count). The molecule has 1 aliphatic rings. The molecule has 0 saturated heterocycles. The van der Waals surface area contributed by atoms with Gasteiger partial charge in [-0.2, -0.15) is 0 Å². The lowest BCUT2D eigenvalue weighted by Gasteiger charge is -2.27. The van der Waals surface area contributed by atoms with E-state index in [9.17, 15) is 0 Å². The van der Waals surface area contributed by atoms with Crippen molar-refractivity contribution in [2.45, 2.75) is 65.8 Å². The molecule has 1 aliphatic carbocycles. The van der Waals surface area contributed by atoms with Crippen LogP contribution in [0.25, 0.3) is 0 Å². The molecule has 0 aromatic heterocycles. The summed E-state index contributed by atoms with van der Waals surface area (Å²) in [4.78, 5) is 4.67. The van der Waals surface area contributed by atoms with Crippen molar-refractivity contribution in [3.63, 3.8) is 0 Å². The van der Waals surface area contributed by atoms with Crippen LogP contribution in [-0.4, -0.2) is 11.9 Å². The molecule has 0 heterocycles. The quantitative estimate of drug-likeness (QED) is 0.551. The second-order valence-electron chi connectivity index (χ2n) is 5.90. The second kappa shape index (κ2) is 5.00. The standard InChI is InChI=1S/C13H26N2/c1-10(11-8-6-5-7-9-11)15-12(14)13(2,3)4/h10-11H,5-9H2,1-4H3,(H2,14,15). The van der Waals surface area contributed by atoms with E-state index in [1.54, 1.807) is 0 Å². The van der Waals surface area contributed by atoms with Crippen molar-refractivity contribution in [1.29, 1.82) is 0 Å². The van der Waals surface area contributed by atoms with E-state index in [0.717, 1.165) is 11.8 Å². The molecule has 1 saturated carbocycles. The molecule has 0 radical (unpaired) electrons. The average Bonchev–Trinajstić information content (AvgIpc) is 2.17. The van der Waals surface area contributed by atoms with Gasteiger partial charge in [0.2, 0.25) is 0 Å². The smallest absolute Gasteiger partial charge is 0.0994 e. The lowest BCUT2D eigenvalue weighted by Crippen LogP contribution is -2.32.